The molecule has 1 fully saturated rings. The number of aliphatic hydroxyl groups excluding tert-OH is 1. The Labute approximate surface area is 85.5 Å². The van der Waals surface area contributed by atoms with Crippen LogP contribution in [0.25, 0.3) is 0 Å². The fraction of sp³-hybridized carbons (Fsp3) is 1.00. The van der Waals surface area contributed by atoms with Crippen molar-refractivity contribution >= 4 is 11.8 Å². The van der Waals surface area contributed by atoms with Crippen LogP contribution in [0.3, 0.4) is 0 Å². The molecule has 1 aliphatic heterocycles. The van der Waals surface area contributed by atoms with Crippen LogP contribution in [0.5, 0.6) is 0 Å². The summed E-state index contributed by atoms with van der Waals surface area (Å²) in [5, 5.41) is 13.0. The largest absolute Gasteiger partial charge is 0.394 e. The maximum absolute atomic E-state index is 9.53. The van der Waals surface area contributed by atoms with Gasteiger partial charge in [-0.3, -0.25) is 0 Å². The van der Waals surface area contributed by atoms with Gasteiger partial charge in [0.25, 0.3) is 0 Å². The molecule has 1 aliphatic rings. The third-order valence-electron chi connectivity index (χ3n) is 3.30. The lowest BCUT2D eigenvalue weighted by Crippen LogP contribution is -2.62. The van der Waals surface area contributed by atoms with Crippen LogP contribution in [-0.2, 0) is 0 Å². The van der Waals surface area contributed by atoms with E-state index in [0.29, 0.717) is 0 Å². The van der Waals surface area contributed by atoms with Gasteiger partial charge in [-0.25, -0.2) is 0 Å². The number of aliphatic hydroxyl groups is 1. The number of hydrogen-bond acceptors (Lipinski definition) is 3. The van der Waals surface area contributed by atoms with Gasteiger partial charge >= 0.3 is 0 Å². The zero-order valence-electron chi connectivity index (χ0n) is 8.89. The lowest BCUT2D eigenvalue weighted by molar-refractivity contribution is 0.0620. The maximum Gasteiger partial charge on any atom is 0.0626 e. The summed E-state index contributed by atoms with van der Waals surface area (Å²) in [6.45, 7) is 7.80. The van der Waals surface area contributed by atoms with Gasteiger partial charge in [0, 0.05) is 5.75 Å². The molecule has 13 heavy (non-hydrogen) atoms. The smallest absolute Gasteiger partial charge is 0.0626 e. The SMILES string of the molecule is CCNC1(CO)CSCCC1(C)C. The normalized spacial score (nSPS) is 33.2. The van der Waals surface area contributed by atoms with Gasteiger partial charge in [-0.1, -0.05) is 20.8 Å². The quantitative estimate of drug-likeness (QED) is 0.729. The molecule has 0 aliphatic carbocycles. The van der Waals surface area contributed by atoms with Gasteiger partial charge in [0.05, 0.1) is 12.1 Å². The minimum Gasteiger partial charge on any atom is -0.394 e. The maximum atomic E-state index is 9.53. The first kappa shape index (κ1) is 11.3. The number of nitrogens with one attached hydrogen (secondary N) is 1. The third kappa shape index (κ3) is 2.03. The van der Waals surface area contributed by atoms with Gasteiger partial charge < -0.3 is 10.4 Å². The summed E-state index contributed by atoms with van der Waals surface area (Å²) in [5.74, 6) is 2.25. The molecule has 1 unspecified atom stereocenters. The van der Waals surface area contributed by atoms with Crippen LogP contribution in [-0.4, -0.2) is 35.3 Å². The van der Waals surface area contributed by atoms with Gasteiger partial charge in [-0.15, -0.1) is 0 Å². The second-order valence-corrected chi connectivity index (χ2v) is 5.56. The molecule has 0 bridgehead atoms. The van der Waals surface area contributed by atoms with Crippen molar-refractivity contribution in [3.05, 3.63) is 0 Å². The fourth-order valence-corrected chi connectivity index (χ4v) is 3.68. The first-order valence-corrected chi connectivity index (χ1v) is 6.17. The van der Waals surface area contributed by atoms with Gasteiger partial charge in [0.15, 0.2) is 0 Å². The van der Waals surface area contributed by atoms with Crippen molar-refractivity contribution in [2.45, 2.75) is 32.7 Å². The highest BCUT2D eigenvalue weighted by Crippen LogP contribution is 2.41. The number of hydrogen-bond donors (Lipinski definition) is 2. The highest BCUT2D eigenvalue weighted by atomic mass is 32.2. The van der Waals surface area contributed by atoms with Crippen molar-refractivity contribution < 1.29 is 5.11 Å². The van der Waals surface area contributed by atoms with E-state index in [2.05, 4.69) is 26.1 Å². The molecule has 0 radical (unpaired) electrons. The molecule has 2 nitrogen and oxygen atoms in total. The van der Waals surface area contributed by atoms with Crippen LogP contribution in [0.4, 0.5) is 0 Å². The standard InChI is InChI=1S/C10H21NOS/c1-4-11-10(7-12)8-13-6-5-9(10,2)3/h11-12H,4-8H2,1-3H3. The topological polar surface area (TPSA) is 32.3 Å². The first-order valence-electron chi connectivity index (χ1n) is 5.01. The molecular formula is C10H21NOS. The van der Waals surface area contributed by atoms with Crippen molar-refractivity contribution in [1.82, 2.24) is 5.32 Å². The Bertz CT molecular complexity index is 168. The summed E-state index contributed by atoms with van der Waals surface area (Å²) < 4.78 is 0. The van der Waals surface area contributed by atoms with Crippen molar-refractivity contribution in [3.63, 3.8) is 0 Å². The Balaban J connectivity index is 2.79. The van der Waals surface area contributed by atoms with Gasteiger partial charge in [-0.2, -0.15) is 11.8 Å². The van der Waals surface area contributed by atoms with Crippen LogP contribution in [0.15, 0.2) is 0 Å². The van der Waals surface area contributed by atoms with Crippen LogP contribution < -0.4 is 5.32 Å². The third-order valence-corrected chi connectivity index (χ3v) is 4.49. The van der Waals surface area contributed by atoms with E-state index in [9.17, 15) is 5.11 Å². The second kappa shape index (κ2) is 4.20. The van der Waals surface area contributed by atoms with E-state index in [1.165, 1.54) is 12.2 Å². The predicted molar refractivity (Wildman–Crippen MR) is 59.2 cm³/mol. The van der Waals surface area contributed by atoms with E-state index in [-0.39, 0.29) is 17.6 Å². The fourth-order valence-electron chi connectivity index (χ4n) is 1.95. The first-order chi connectivity index (χ1) is 6.08. The zero-order valence-corrected chi connectivity index (χ0v) is 9.71. The van der Waals surface area contributed by atoms with Crippen molar-refractivity contribution in [2.75, 3.05) is 24.7 Å². The van der Waals surface area contributed by atoms with E-state index in [0.717, 1.165) is 12.3 Å². The average Bonchev–Trinajstić information content (AvgIpc) is 2.09. The predicted octanol–water partition coefficient (Wildman–Crippen LogP) is 1.49. The van der Waals surface area contributed by atoms with E-state index in [4.69, 9.17) is 0 Å². The molecule has 0 aromatic heterocycles. The Morgan fingerprint density at radius 1 is 1.46 bits per heavy atom. The molecule has 1 rings (SSSR count). The summed E-state index contributed by atoms with van der Waals surface area (Å²) in [7, 11) is 0. The molecule has 0 spiro atoms. The molecule has 0 aromatic rings. The Morgan fingerprint density at radius 3 is 2.62 bits per heavy atom. The van der Waals surface area contributed by atoms with Crippen LogP contribution in [0.2, 0.25) is 0 Å². The number of thioether (sulfide) groups is 1. The Hall–Kier alpha value is 0.270. The van der Waals surface area contributed by atoms with Crippen LogP contribution in [0, 0.1) is 5.41 Å². The highest BCUT2D eigenvalue weighted by molar-refractivity contribution is 7.99. The molecule has 1 saturated heterocycles. The van der Waals surface area contributed by atoms with E-state index >= 15 is 0 Å². The van der Waals surface area contributed by atoms with Crippen LogP contribution in [0.1, 0.15) is 27.2 Å². The number of likely N-dealkylation sites (N-methyl/N-ethyl adjacent to an activating group) is 1. The molecule has 2 N–H and O–H groups in total. The second-order valence-electron chi connectivity index (χ2n) is 4.46. The molecular weight excluding hydrogens is 182 g/mol. The summed E-state index contributed by atoms with van der Waals surface area (Å²) in [5.41, 5.74) is 0.147. The zero-order chi connectivity index (χ0) is 9.95. The van der Waals surface area contributed by atoms with Gasteiger partial charge in [0.1, 0.15) is 0 Å². The molecule has 0 amide bonds. The molecule has 0 aromatic carbocycles. The van der Waals surface area contributed by atoms with Crippen molar-refractivity contribution in [2.24, 2.45) is 5.41 Å². The highest BCUT2D eigenvalue weighted by Gasteiger charge is 2.45. The minimum atomic E-state index is -0.0648. The molecule has 78 valence electrons. The van der Waals surface area contributed by atoms with Crippen molar-refractivity contribution in [3.8, 4) is 0 Å². The summed E-state index contributed by atoms with van der Waals surface area (Å²) in [4.78, 5) is 0. The van der Waals surface area contributed by atoms with E-state index < -0.39 is 0 Å². The van der Waals surface area contributed by atoms with Gasteiger partial charge in [-0.05, 0) is 24.1 Å². The van der Waals surface area contributed by atoms with Gasteiger partial charge in [0.2, 0.25) is 0 Å². The van der Waals surface area contributed by atoms with E-state index in [1.54, 1.807) is 0 Å². The molecule has 0 saturated carbocycles. The Kier molecular flexibility index (Phi) is 3.66. The van der Waals surface area contributed by atoms with Crippen molar-refractivity contribution in [1.29, 1.82) is 0 Å². The molecule has 1 heterocycles. The minimum absolute atomic E-state index is 0.0648. The summed E-state index contributed by atoms with van der Waals surface area (Å²) >= 11 is 1.95. The average molecular weight is 203 g/mol. The lowest BCUT2D eigenvalue weighted by atomic mass is 9.71. The van der Waals surface area contributed by atoms with Crippen LogP contribution >= 0.6 is 11.8 Å². The monoisotopic (exact) mass is 203 g/mol. The molecule has 1 atom stereocenters. The lowest BCUT2D eigenvalue weighted by Gasteiger charge is -2.49. The summed E-state index contributed by atoms with van der Waals surface area (Å²) in [6.07, 6.45) is 1.19. The molecule has 3 heteroatoms. The summed E-state index contributed by atoms with van der Waals surface area (Å²) in [6, 6.07) is 0. The Morgan fingerprint density at radius 2 is 2.15 bits per heavy atom. The van der Waals surface area contributed by atoms with E-state index in [1.807, 2.05) is 11.8 Å². The number of rotatable bonds is 3.